The number of benzene rings is 2. The maximum absolute atomic E-state index is 12.9. The van der Waals surface area contributed by atoms with Crippen molar-refractivity contribution in [3.05, 3.63) is 64.1 Å². The summed E-state index contributed by atoms with van der Waals surface area (Å²) in [6.07, 6.45) is 0.0708. The highest BCUT2D eigenvalue weighted by atomic mass is 79.9. The zero-order valence-electron chi connectivity index (χ0n) is 13.4. The van der Waals surface area contributed by atoms with Gasteiger partial charge in [-0.2, -0.15) is 0 Å². The van der Waals surface area contributed by atoms with Gasteiger partial charge in [-0.3, -0.25) is 9.59 Å². The highest BCUT2D eigenvalue weighted by Gasteiger charge is 2.38. The van der Waals surface area contributed by atoms with E-state index in [1.165, 1.54) is 0 Å². The Morgan fingerprint density at radius 3 is 2.67 bits per heavy atom. The van der Waals surface area contributed by atoms with Crippen LogP contribution in [-0.2, 0) is 20.9 Å². The Balaban J connectivity index is 1.92. The van der Waals surface area contributed by atoms with Crippen molar-refractivity contribution in [3.63, 3.8) is 0 Å². The van der Waals surface area contributed by atoms with Gasteiger partial charge in [0.15, 0.2) is 0 Å². The summed E-state index contributed by atoms with van der Waals surface area (Å²) >= 11 is 3.45. The van der Waals surface area contributed by atoms with Crippen molar-refractivity contribution >= 4 is 33.5 Å². The van der Waals surface area contributed by atoms with E-state index in [2.05, 4.69) is 15.9 Å². The van der Waals surface area contributed by atoms with Gasteiger partial charge in [0.2, 0.25) is 5.91 Å². The molecule has 24 heavy (non-hydrogen) atoms. The second-order valence-corrected chi connectivity index (χ2v) is 6.59. The smallest absolute Gasteiger partial charge is 0.306 e. The summed E-state index contributed by atoms with van der Waals surface area (Å²) in [5, 5.41) is 0. The van der Waals surface area contributed by atoms with Crippen LogP contribution in [0.4, 0.5) is 5.69 Å². The molecule has 124 valence electrons. The minimum atomic E-state index is -0.486. The van der Waals surface area contributed by atoms with Gasteiger partial charge in [-0.05, 0) is 36.2 Å². The summed E-state index contributed by atoms with van der Waals surface area (Å²) in [5.74, 6) is -0.886. The number of rotatable bonds is 5. The molecule has 0 saturated carbocycles. The van der Waals surface area contributed by atoms with Crippen LogP contribution in [0.3, 0.4) is 0 Å². The van der Waals surface area contributed by atoms with Crippen molar-refractivity contribution in [1.82, 2.24) is 0 Å². The van der Waals surface area contributed by atoms with E-state index in [1.807, 2.05) is 48.5 Å². The molecule has 4 nitrogen and oxygen atoms in total. The summed E-state index contributed by atoms with van der Waals surface area (Å²) < 4.78 is 5.92. The molecule has 1 atom stereocenters. The lowest BCUT2D eigenvalue weighted by molar-refractivity contribution is -0.144. The lowest BCUT2D eigenvalue weighted by Gasteiger charge is -2.18. The molecule has 0 aromatic heterocycles. The van der Waals surface area contributed by atoms with Crippen LogP contribution in [0.25, 0.3) is 0 Å². The number of carbonyl (C=O) groups excluding carboxylic acids is 2. The summed E-state index contributed by atoms with van der Waals surface area (Å²) in [7, 11) is 0. The minimum Gasteiger partial charge on any atom is -0.466 e. The molecule has 0 fully saturated rings. The fourth-order valence-electron chi connectivity index (χ4n) is 3.00. The first kappa shape index (κ1) is 16.7. The topological polar surface area (TPSA) is 46.6 Å². The van der Waals surface area contributed by atoms with Crippen molar-refractivity contribution in [3.8, 4) is 0 Å². The predicted octanol–water partition coefficient (Wildman–Crippen LogP) is 4.03. The Hall–Kier alpha value is -2.14. The average molecular weight is 388 g/mol. The number of fused-ring (bicyclic) bond motifs is 1. The van der Waals surface area contributed by atoms with E-state index in [-0.39, 0.29) is 18.3 Å². The van der Waals surface area contributed by atoms with Gasteiger partial charge >= 0.3 is 5.97 Å². The number of carbonyl (C=O) groups is 2. The first-order valence-electron chi connectivity index (χ1n) is 7.90. The quantitative estimate of drug-likeness (QED) is 0.727. The van der Waals surface area contributed by atoms with Crippen LogP contribution >= 0.6 is 15.9 Å². The van der Waals surface area contributed by atoms with Crippen molar-refractivity contribution in [1.29, 1.82) is 0 Å². The van der Waals surface area contributed by atoms with E-state index in [0.717, 1.165) is 21.3 Å². The largest absolute Gasteiger partial charge is 0.466 e. The monoisotopic (exact) mass is 387 g/mol. The first-order chi connectivity index (χ1) is 11.6. The van der Waals surface area contributed by atoms with E-state index in [1.54, 1.807) is 11.8 Å². The molecular weight excluding hydrogens is 370 g/mol. The molecule has 0 N–H and O–H groups in total. The molecule has 1 amide bonds. The molecule has 1 aliphatic rings. The molecule has 0 bridgehead atoms. The first-order valence-corrected chi connectivity index (χ1v) is 8.69. The van der Waals surface area contributed by atoms with Crippen LogP contribution in [-0.4, -0.2) is 18.5 Å². The Bertz CT molecular complexity index is 760. The summed E-state index contributed by atoms with van der Waals surface area (Å²) in [6, 6.07) is 15.6. The fraction of sp³-hybridized carbons (Fsp3) is 0.263. The number of ether oxygens (including phenoxy) is 1. The van der Waals surface area contributed by atoms with Gasteiger partial charge in [-0.1, -0.05) is 46.3 Å². The zero-order valence-corrected chi connectivity index (χ0v) is 15.0. The molecule has 1 unspecified atom stereocenters. The molecule has 3 rings (SSSR count). The molecule has 0 radical (unpaired) electrons. The van der Waals surface area contributed by atoms with Crippen molar-refractivity contribution in [2.45, 2.75) is 25.8 Å². The van der Waals surface area contributed by atoms with E-state index in [0.29, 0.717) is 13.2 Å². The molecule has 1 aliphatic heterocycles. The van der Waals surface area contributed by atoms with Gasteiger partial charge < -0.3 is 9.64 Å². The van der Waals surface area contributed by atoms with Crippen molar-refractivity contribution < 1.29 is 14.3 Å². The Kier molecular flexibility index (Phi) is 5.00. The third-order valence-corrected chi connectivity index (χ3v) is 4.57. The normalized spacial score (nSPS) is 16.2. The maximum Gasteiger partial charge on any atom is 0.306 e. The summed E-state index contributed by atoms with van der Waals surface area (Å²) in [4.78, 5) is 26.6. The predicted molar refractivity (Wildman–Crippen MR) is 95.8 cm³/mol. The van der Waals surface area contributed by atoms with Gasteiger partial charge in [-0.25, -0.2) is 0 Å². The van der Waals surface area contributed by atoms with Gasteiger partial charge in [-0.15, -0.1) is 0 Å². The fourth-order valence-corrected chi connectivity index (χ4v) is 3.38. The highest BCUT2D eigenvalue weighted by Crippen LogP contribution is 2.41. The van der Waals surface area contributed by atoms with Crippen molar-refractivity contribution in [2.75, 3.05) is 11.5 Å². The van der Waals surface area contributed by atoms with Crippen LogP contribution in [0.15, 0.2) is 53.0 Å². The molecule has 2 aromatic carbocycles. The second kappa shape index (κ2) is 7.18. The number of hydrogen-bond acceptors (Lipinski definition) is 3. The van der Waals surface area contributed by atoms with Gasteiger partial charge in [0, 0.05) is 10.2 Å². The van der Waals surface area contributed by atoms with Crippen LogP contribution in [0.2, 0.25) is 0 Å². The van der Waals surface area contributed by atoms with E-state index < -0.39 is 5.92 Å². The van der Waals surface area contributed by atoms with Crippen LogP contribution in [0.5, 0.6) is 0 Å². The van der Waals surface area contributed by atoms with Gasteiger partial charge in [0.05, 0.1) is 25.5 Å². The third-order valence-electron chi connectivity index (χ3n) is 4.08. The highest BCUT2D eigenvalue weighted by molar-refractivity contribution is 9.10. The second-order valence-electron chi connectivity index (χ2n) is 5.67. The van der Waals surface area contributed by atoms with Crippen LogP contribution in [0, 0.1) is 0 Å². The van der Waals surface area contributed by atoms with E-state index in [4.69, 9.17) is 4.74 Å². The number of anilines is 1. The number of esters is 1. The number of hydrogen-bond donors (Lipinski definition) is 0. The summed E-state index contributed by atoms with van der Waals surface area (Å²) in [6.45, 7) is 2.58. The lowest BCUT2D eigenvalue weighted by Crippen LogP contribution is -2.29. The SMILES string of the molecule is CCOC(=O)CC1C(=O)N(Cc2ccccc2)c2ccc(Br)cc21. The number of amides is 1. The Morgan fingerprint density at radius 2 is 1.96 bits per heavy atom. The Labute approximate surface area is 149 Å². The van der Waals surface area contributed by atoms with Crippen LogP contribution in [0.1, 0.15) is 30.4 Å². The molecule has 2 aromatic rings. The third kappa shape index (κ3) is 3.36. The zero-order chi connectivity index (χ0) is 17.1. The molecule has 0 spiro atoms. The lowest BCUT2D eigenvalue weighted by atomic mass is 9.97. The maximum atomic E-state index is 12.9. The molecular formula is C19H18BrNO3. The number of nitrogens with zero attached hydrogens (tertiary/aromatic N) is 1. The van der Waals surface area contributed by atoms with E-state index in [9.17, 15) is 9.59 Å². The number of halogens is 1. The standard InChI is InChI=1S/C19H18BrNO3/c1-2-24-18(22)11-16-15-10-14(20)8-9-17(15)21(19(16)23)12-13-6-4-3-5-7-13/h3-10,16H,2,11-12H2,1H3. The van der Waals surface area contributed by atoms with Gasteiger partial charge in [0.1, 0.15) is 0 Å². The molecule has 1 heterocycles. The van der Waals surface area contributed by atoms with E-state index >= 15 is 0 Å². The average Bonchev–Trinajstić information content (AvgIpc) is 2.81. The minimum absolute atomic E-state index is 0.0555. The van der Waals surface area contributed by atoms with Gasteiger partial charge in [0.25, 0.3) is 0 Å². The molecule has 5 heteroatoms. The summed E-state index contributed by atoms with van der Waals surface area (Å²) in [5.41, 5.74) is 2.79. The molecule has 0 aliphatic carbocycles. The van der Waals surface area contributed by atoms with Crippen LogP contribution < -0.4 is 4.90 Å². The molecule has 0 saturated heterocycles. The Morgan fingerprint density at radius 1 is 1.21 bits per heavy atom. The van der Waals surface area contributed by atoms with Crippen molar-refractivity contribution in [2.24, 2.45) is 0 Å².